The molecular weight excluding hydrogens is 328 g/mol. The predicted molar refractivity (Wildman–Crippen MR) is 101 cm³/mol. The second kappa shape index (κ2) is 7.72. The minimum atomic E-state index is -0.262. The maximum absolute atomic E-state index is 12.8. The number of carbonyl (C=O) groups excluding carboxylic acids is 2. The molecule has 2 amide bonds. The van der Waals surface area contributed by atoms with E-state index in [1.54, 1.807) is 0 Å². The molecule has 26 heavy (non-hydrogen) atoms. The molecule has 1 aromatic carbocycles. The van der Waals surface area contributed by atoms with E-state index in [-0.39, 0.29) is 11.8 Å². The summed E-state index contributed by atoms with van der Waals surface area (Å²) in [5.74, 6) is 0.229. The van der Waals surface area contributed by atoms with E-state index in [4.69, 9.17) is 0 Å². The molecule has 0 bridgehead atoms. The Hall–Kier alpha value is -2.63. The van der Waals surface area contributed by atoms with Crippen molar-refractivity contribution in [3.05, 3.63) is 47.0 Å². The molecule has 2 heterocycles. The fourth-order valence-corrected chi connectivity index (χ4v) is 3.10. The lowest BCUT2D eigenvalue weighted by molar-refractivity contribution is 0.0933. The van der Waals surface area contributed by atoms with Crippen LogP contribution in [0.1, 0.15) is 59.1 Å². The van der Waals surface area contributed by atoms with Crippen molar-refractivity contribution in [2.75, 3.05) is 11.9 Å². The first-order chi connectivity index (χ1) is 12.5. The molecule has 0 fully saturated rings. The number of nitrogens with one attached hydrogen (secondary N) is 2. The van der Waals surface area contributed by atoms with Gasteiger partial charge in [-0.15, -0.1) is 0 Å². The summed E-state index contributed by atoms with van der Waals surface area (Å²) < 4.78 is 1.91. The summed E-state index contributed by atoms with van der Waals surface area (Å²) in [7, 11) is 0. The van der Waals surface area contributed by atoms with E-state index >= 15 is 0 Å². The van der Waals surface area contributed by atoms with Gasteiger partial charge < -0.3 is 15.2 Å². The summed E-state index contributed by atoms with van der Waals surface area (Å²) in [6, 6.07) is 7.63. The number of benzene rings is 1. The van der Waals surface area contributed by atoms with Gasteiger partial charge in [0.1, 0.15) is 0 Å². The van der Waals surface area contributed by atoms with Gasteiger partial charge >= 0.3 is 0 Å². The summed E-state index contributed by atoms with van der Waals surface area (Å²) in [5, 5.41) is 5.79. The number of rotatable bonds is 5. The number of hydrogen-bond acceptors (Lipinski definition) is 3. The van der Waals surface area contributed by atoms with Crippen molar-refractivity contribution < 1.29 is 9.59 Å². The molecule has 1 aliphatic heterocycles. The third-order valence-electron chi connectivity index (χ3n) is 4.52. The van der Waals surface area contributed by atoms with Gasteiger partial charge in [0, 0.05) is 18.8 Å². The van der Waals surface area contributed by atoms with Gasteiger partial charge in [0.15, 0.2) is 11.5 Å². The number of carbonyl (C=O) groups is 2. The smallest absolute Gasteiger partial charge is 0.287 e. The second-order valence-corrected chi connectivity index (χ2v) is 7.26. The highest BCUT2D eigenvalue weighted by molar-refractivity contribution is 6.05. The Bertz CT molecular complexity index is 806. The summed E-state index contributed by atoms with van der Waals surface area (Å²) in [4.78, 5) is 29.7. The van der Waals surface area contributed by atoms with Crippen LogP contribution in [0, 0.1) is 12.8 Å². The van der Waals surface area contributed by atoms with E-state index in [0.717, 1.165) is 42.8 Å². The first-order valence-electron chi connectivity index (χ1n) is 9.21. The Morgan fingerprint density at radius 2 is 1.88 bits per heavy atom. The number of fused-ring (bicyclic) bond motifs is 1. The summed E-state index contributed by atoms with van der Waals surface area (Å²) in [6.07, 6.45) is 2.76. The van der Waals surface area contributed by atoms with Gasteiger partial charge in [0.25, 0.3) is 11.8 Å². The van der Waals surface area contributed by atoms with Crippen LogP contribution in [0.4, 0.5) is 5.69 Å². The van der Waals surface area contributed by atoms with Crippen LogP contribution in [0.3, 0.4) is 0 Å². The van der Waals surface area contributed by atoms with Crippen LogP contribution in [0.5, 0.6) is 0 Å². The van der Waals surface area contributed by atoms with E-state index < -0.39 is 0 Å². The van der Waals surface area contributed by atoms with Gasteiger partial charge in [0.05, 0.1) is 5.69 Å². The number of aryl methyl sites for hydroxylation is 1. The van der Waals surface area contributed by atoms with Crippen molar-refractivity contribution in [2.24, 2.45) is 5.92 Å². The minimum absolute atomic E-state index is 0.212. The van der Waals surface area contributed by atoms with E-state index in [0.29, 0.717) is 24.0 Å². The number of amides is 2. The first kappa shape index (κ1) is 18.2. The molecule has 1 aromatic heterocycles. The Labute approximate surface area is 154 Å². The van der Waals surface area contributed by atoms with Gasteiger partial charge in [-0.25, -0.2) is 4.98 Å². The minimum Gasteiger partial charge on any atom is -0.349 e. The van der Waals surface area contributed by atoms with Crippen molar-refractivity contribution >= 4 is 17.5 Å². The third-order valence-corrected chi connectivity index (χ3v) is 4.52. The molecule has 0 saturated carbocycles. The Morgan fingerprint density at radius 3 is 2.58 bits per heavy atom. The summed E-state index contributed by atoms with van der Waals surface area (Å²) in [6.45, 7) is 7.40. The Balaban J connectivity index is 1.85. The highest BCUT2D eigenvalue weighted by atomic mass is 16.2. The molecule has 0 saturated heterocycles. The maximum Gasteiger partial charge on any atom is 0.287 e. The molecule has 3 rings (SSSR count). The zero-order valence-corrected chi connectivity index (χ0v) is 15.6. The molecule has 0 atom stereocenters. The average molecular weight is 354 g/mol. The van der Waals surface area contributed by atoms with E-state index in [1.165, 1.54) is 0 Å². The van der Waals surface area contributed by atoms with Crippen LogP contribution in [0.2, 0.25) is 0 Å². The van der Waals surface area contributed by atoms with Crippen molar-refractivity contribution in [1.29, 1.82) is 0 Å². The van der Waals surface area contributed by atoms with Crippen LogP contribution in [0.25, 0.3) is 0 Å². The van der Waals surface area contributed by atoms with Crippen molar-refractivity contribution in [2.45, 2.75) is 46.6 Å². The van der Waals surface area contributed by atoms with E-state index in [1.807, 2.05) is 49.6 Å². The number of anilines is 1. The van der Waals surface area contributed by atoms with E-state index in [2.05, 4.69) is 15.6 Å². The predicted octanol–water partition coefficient (Wildman–Crippen LogP) is 3.17. The molecule has 6 heteroatoms. The fraction of sp³-hybridized carbons (Fsp3) is 0.450. The van der Waals surface area contributed by atoms with Crippen molar-refractivity contribution in [1.82, 2.24) is 14.9 Å². The number of imidazole rings is 1. The highest BCUT2D eigenvalue weighted by Gasteiger charge is 2.27. The van der Waals surface area contributed by atoms with Crippen LogP contribution in [-0.2, 0) is 13.0 Å². The van der Waals surface area contributed by atoms with Crippen molar-refractivity contribution in [3.8, 4) is 0 Å². The van der Waals surface area contributed by atoms with Crippen LogP contribution < -0.4 is 10.6 Å². The Morgan fingerprint density at radius 1 is 1.15 bits per heavy atom. The molecule has 2 N–H and O–H groups in total. The van der Waals surface area contributed by atoms with Crippen LogP contribution in [-0.4, -0.2) is 27.9 Å². The maximum atomic E-state index is 12.8. The van der Waals surface area contributed by atoms with Gasteiger partial charge in [-0.1, -0.05) is 31.5 Å². The fourth-order valence-electron chi connectivity index (χ4n) is 3.10. The molecule has 0 radical (unpaired) electrons. The average Bonchev–Trinajstić information content (AvgIpc) is 3.01. The lowest BCUT2D eigenvalue weighted by Crippen LogP contribution is -2.30. The zero-order valence-electron chi connectivity index (χ0n) is 15.6. The molecule has 1 aliphatic rings. The zero-order chi connectivity index (χ0) is 18.7. The quantitative estimate of drug-likeness (QED) is 0.866. The normalized spacial score (nSPS) is 13.4. The van der Waals surface area contributed by atoms with Crippen LogP contribution in [0.15, 0.2) is 24.3 Å². The largest absolute Gasteiger partial charge is 0.349 e. The lowest BCUT2D eigenvalue weighted by atomic mass is 10.1. The lowest BCUT2D eigenvalue weighted by Gasteiger charge is -2.17. The third kappa shape index (κ3) is 3.95. The summed E-state index contributed by atoms with van der Waals surface area (Å²) >= 11 is 0. The number of hydrogen-bond donors (Lipinski definition) is 2. The van der Waals surface area contributed by atoms with Gasteiger partial charge in [-0.2, -0.15) is 0 Å². The monoisotopic (exact) mass is 354 g/mol. The molecule has 0 unspecified atom stereocenters. The number of aromatic nitrogens is 2. The highest BCUT2D eigenvalue weighted by Crippen LogP contribution is 2.22. The second-order valence-electron chi connectivity index (χ2n) is 7.26. The Kier molecular flexibility index (Phi) is 5.40. The molecular formula is C20H26N4O2. The first-order valence-corrected chi connectivity index (χ1v) is 9.21. The standard InChI is InChI=1S/C20H26N4O2/c1-13(2)12-21-20(26)18-23-17(16-6-4-5-11-24(16)18)19(25)22-15-9-7-14(3)8-10-15/h7-10,13H,4-6,11-12H2,1-3H3,(H,21,26)(H,22,25). The van der Waals surface area contributed by atoms with Gasteiger partial charge in [-0.3, -0.25) is 9.59 Å². The van der Waals surface area contributed by atoms with Crippen LogP contribution >= 0.6 is 0 Å². The summed E-state index contributed by atoms with van der Waals surface area (Å²) in [5.41, 5.74) is 3.07. The van der Waals surface area contributed by atoms with E-state index in [9.17, 15) is 9.59 Å². The molecule has 2 aromatic rings. The molecule has 6 nitrogen and oxygen atoms in total. The van der Waals surface area contributed by atoms with Crippen molar-refractivity contribution in [3.63, 3.8) is 0 Å². The molecule has 0 aliphatic carbocycles. The topological polar surface area (TPSA) is 76.0 Å². The van der Waals surface area contributed by atoms with Gasteiger partial charge in [-0.05, 0) is 44.2 Å². The molecule has 138 valence electrons. The SMILES string of the molecule is Cc1ccc(NC(=O)c2nc(C(=O)NCC(C)C)n3c2CCCC3)cc1. The molecule has 0 spiro atoms. The number of nitrogens with zero attached hydrogens (tertiary/aromatic N) is 2. The van der Waals surface area contributed by atoms with Gasteiger partial charge in [0.2, 0.25) is 0 Å².